The molecule has 7 rings (SSSR count). The number of benzene rings is 4. The maximum Gasteiger partial charge on any atom is 0.251 e. The molecule has 1 fully saturated rings. The van der Waals surface area contributed by atoms with Crippen LogP contribution in [0.2, 0.25) is 0 Å². The van der Waals surface area contributed by atoms with Gasteiger partial charge in [-0.05, 0) is 129 Å². The van der Waals surface area contributed by atoms with Crippen LogP contribution in [0.1, 0.15) is 143 Å². The van der Waals surface area contributed by atoms with Crippen LogP contribution in [-0.4, -0.2) is 119 Å². The van der Waals surface area contributed by atoms with Crippen molar-refractivity contribution in [2.75, 3.05) is 20.6 Å². The summed E-state index contributed by atoms with van der Waals surface area (Å²) in [5, 5.41) is 18.2. The maximum atomic E-state index is 15.6. The normalized spacial score (nSPS) is 20.2. The predicted molar refractivity (Wildman–Crippen MR) is 303 cm³/mol. The highest BCUT2D eigenvalue weighted by atomic mass is 16.2. The lowest BCUT2D eigenvalue weighted by Gasteiger charge is -2.43. The molecule has 0 radical (unpaired) electrons. The Labute approximate surface area is 461 Å². The molecule has 16 nitrogen and oxygen atoms in total. The zero-order chi connectivity index (χ0) is 56.8. The number of amides is 7. The molecule has 9 atom stereocenters. The van der Waals surface area contributed by atoms with Crippen LogP contribution >= 0.6 is 0 Å². The summed E-state index contributed by atoms with van der Waals surface area (Å²) in [5.41, 5.74) is 5.76. The fraction of sp³-hybridized carbons (Fsp3) is 0.500. The molecule has 16 heteroatoms. The quantitative estimate of drug-likeness (QED) is 0.0712. The first kappa shape index (κ1) is 58.8. The van der Waals surface area contributed by atoms with E-state index in [0.717, 1.165) is 52.6 Å². The molecule has 3 aliphatic rings. The van der Waals surface area contributed by atoms with Gasteiger partial charge in [0.25, 0.3) is 5.91 Å². The van der Waals surface area contributed by atoms with E-state index in [1.165, 1.54) is 10.5 Å². The van der Waals surface area contributed by atoms with Gasteiger partial charge in [-0.3, -0.25) is 33.6 Å². The third-order valence-electron chi connectivity index (χ3n) is 16.1. The van der Waals surface area contributed by atoms with Crippen molar-refractivity contribution in [3.05, 3.63) is 142 Å². The number of rotatable bonds is 17. The van der Waals surface area contributed by atoms with Gasteiger partial charge in [0.2, 0.25) is 35.4 Å². The fourth-order valence-electron chi connectivity index (χ4n) is 11.1. The van der Waals surface area contributed by atoms with Gasteiger partial charge in [-0.15, -0.1) is 0 Å². The van der Waals surface area contributed by atoms with Gasteiger partial charge in [0, 0.05) is 37.7 Å². The van der Waals surface area contributed by atoms with E-state index in [2.05, 4.69) is 38.0 Å². The molecule has 2 unspecified atom stereocenters. The minimum Gasteiger partial charge on any atom is -0.347 e. The average molecular weight is 1070 g/mol. The van der Waals surface area contributed by atoms with E-state index in [9.17, 15) is 24.0 Å². The zero-order valence-corrected chi connectivity index (χ0v) is 47.8. The number of likely N-dealkylation sites (tertiary alicyclic amines) is 1. The molecule has 0 aromatic heterocycles. The Hall–Kier alpha value is -6.91. The second-order valence-electron chi connectivity index (χ2n) is 23.9. The maximum absolute atomic E-state index is 15.6. The largest absolute Gasteiger partial charge is 0.347 e. The molecule has 1 saturated heterocycles. The van der Waals surface area contributed by atoms with E-state index in [4.69, 9.17) is 0 Å². The fourth-order valence-corrected chi connectivity index (χ4v) is 11.1. The predicted octanol–water partition coefficient (Wildman–Crippen LogP) is 6.21. The van der Waals surface area contributed by atoms with Crippen LogP contribution in [0.5, 0.6) is 0 Å². The number of carbonyl (C=O) groups is 7. The highest BCUT2D eigenvalue weighted by Crippen LogP contribution is 2.35. The first-order valence-corrected chi connectivity index (χ1v) is 27.7. The lowest BCUT2D eigenvalue weighted by atomic mass is 9.84. The first-order chi connectivity index (χ1) is 36.9. The molecular weight excluding hydrogens is 983 g/mol. The van der Waals surface area contributed by atoms with E-state index in [0.29, 0.717) is 5.56 Å². The highest BCUT2D eigenvalue weighted by molar-refractivity contribution is 5.97. The van der Waals surface area contributed by atoms with Gasteiger partial charge in [0.05, 0.1) is 24.2 Å². The Bertz CT molecular complexity index is 2840. The van der Waals surface area contributed by atoms with E-state index < -0.39 is 71.0 Å². The van der Waals surface area contributed by atoms with Gasteiger partial charge >= 0.3 is 0 Å². The Balaban J connectivity index is 1.15. The summed E-state index contributed by atoms with van der Waals surface area (Å²) in [6, 6.07) is 24.7. The zero-order valence-electron chi connectivity index (χ0n) is 47.8. The summed E-state index contributed by atoms with van der Waals surface area (Å²) in [6.07, 6.45) is 3.01. The number of likely N-dealkylation sites (N-methyl/N-ethyl adjacent to an activating group) is 2. The van der Waals surface area contributed by atoms with Crippen molar-refractivity contribution >= 4 is 41.4 Å². The lowest BCUT2D eigenvalue weighted by molar-refractivity contribution is -0.152. The highest BCUT2D eigenvalue weighted by Gasteiger charge is 2.47. The van der Waals surface area contributed by atoms with Gasteiger partial charge in [-0.1, -0.05) is 126 Å². The van der Waals surface area contributed by atoms with Crippen molar-refractivity contribution in [1.29, 1.82) is 0 Å². The number of carbonyl (C=O) groups excluding carboxylic acids is 7. The first-order valence-electron chi connectivity index (χ1n) is 27.7. The van der Waals surface area contributed by atoms with Crippen molar-refractivity contribution in [1.82, 2.24) is 46.6 Å². The SMILES string of the molecule is CN[C@@H](C)C(=O)NC(C(=O)N1Cc2ccccc2C[C@H]1C(=O)N(Cc1ccc(C(=O)N[C@H]2C[C@@H](C(=O)N[C@@H]3CCCc4ccccc43)N(C(=O)[C@@H](NC(=O)[C@H](C)NC)C(C)(C)C)C2)cc1)C(C)c1ccccc1C)C(C)(C)C. The van der Waals surface area contributed by atoms with Crippen LogP contribution in [-0.2, 0) is 54.7 Å². The minimum atomic E-state index is -0.966. The molecule has 4 aromatic carbocycles. The van der Waals surface area contributed by atoms with Gasteiger partial charge < -0.3 is 46.6 Å². The Morgan fingerprint density at radius 3 is 1.79 bits per heavy atom. The van der Waals surface area contributed by atoms with Crippen LogP contribution in [0, 0.1) is 17.8 Å². The molecule has 2 heterocycles. The molecule has 2 aliphatic heterocycles. The molecule has 0 spiro atoms. The molecule has 78 heavy (non-hydrogen) atoms. The molecule has 0 saturated carbocycles. The van der Waals surface area contributed by atoms with Crippen LogP contribution in [0.4, 0.5) is 0 Å². The summed E-state index contributed by atoms with van der Waals surface area (Å²) in [6.45, 7) is 19.1. The summed E-state index contributed by atoms with van der Waals surface area (Å²) in [5.74, 6) is -2.40. The number of fused-ring (bicyclic) bond motifs is 2. The number of nitrogens with zero attached hydrogens (tertiary/aromatic N) is 3. The lowest BCUT2D eigenvalue weighted by Crippen LogP contribution is -2.62. The second-order valence-corrected chi connectivity index (χ2v) is 23.9. The number of hydrogen-bond acceptors (Lipinski definition) is 9. The van der Waals surface area contributed by atoms with Crippen molar-refractivity contribution in [3.8, 4) is 0 Å². The standard InChI is InChI=1S/C62H83N9O7/c1-37-20-13-17-25-47(37)40(4)69(58(76)51-32-44-22-14-15-23-45(44)35-70(51)59(77)52(61(5,6)7)67-54(72)38(2)63-11)34-41-28-30-43(31-29-41)56(74)65-46-33-50(57(75)66-49-27-19-24-42-21-16-18-26-48(42)49)71(36-46)60(78)53(62(8,9)10)68-55(73)39(3)64-12/h13-18,20-23,25-26,28-31,38-40,46,49-53,63-64H,19,24,27,32-36H2,1-12H3,(H,65,74)(H,66,75)(H,67,72)(H,68,73)/t38-,39-,40?,46-,49+,50-,51-,52?,53+/m0/s1. The third-order valence-corrected chi connectivity index (χ3v) is 16.1. The van der Waals surface area contributed by atoms with Crippen molar-refractivity contribution < 1.29 is 33.6 Å². The van der Waals surface area contributed by atoms with Gasteiger partial charge in [-0.2, -0.15) is 0 Å². The summed E-state index contributed by atoms with van der Waals surface area (Å²) < 4.78 is 0. The summed E-state index contributed by atoms with van der Waals surface area (Å²) in [4.78, 5) is 106. The van der Waals surface area contributed by atoms with Crippen molar-refractivity contribution in [3.63, 3.8) is 0 Å². The molecule has 0 bridgehead atoms. The third kappa shape index (κ3) is 13.5. The van der Waals surface area contributed by atoms with Crippen LogP contribution in [0.15, 0.2) is 97.1 Å². The smallest absolute Gasteiger partial charge is 0.251 e. The summed E-state index contributed by atoms with van der Waals surface area (Å²) >= 11 is 0. The monoisotopic (exact) mass is 1070 g/mol. The Kier molecular flexibility index (Phi) is 18.7. The minimum absolute atomic E-state index is 0.0446. The number of aryl methyl sites for hydroxylation is 2. The summed E-state index contributed by atoms with van der Waals surface area (Å²) in [7, 11) is 3.36. The Morgan fingerprint density at radius 2 is 1.21 bits per heavy atom. The second kappa shape index (κ2) is 24.8. The van der Waals surface area contributed by atoms with E-state index in [1.807, 2.05) is 134 Å². The van der Waals surface area contributed by atoms with Gasteiger partial charge in [-0.25, -0.2) is 0 Å². The average Bonchev–Trinajstić information content (AvgIpc) is 3.91. The number of hydrogen-bond donors (Lipinski definition) is 6. The number of nitrogens with one attached hydrogen (secondary N) is 6. The molecule has 418 valence electrons. The van der Waals surface area contributed by atoms with Crippen molar-refractivity contribution in [2.45, 2.75) is 169 Å². The Morgan fingerprint density at radius 1 is 0.654 bits per heavy atom. The topological polar surface area (TPSA) is 201 Å². The van der Waals surface area contributed by atoms with Crippen molar-refractivity contribution in [2.24, 2.45) is 10.8 Å². The van der Waals surface area contributed by atoms with Crippen LogP contribution in [0.25, 0.3) is 0 Å². The van der Waals surface area contributed by atoms with E-state index >= 15 is 9.59 Å². The van der Waals surface area contributed by atoms with Gasteiger partial charge in [0.15, 0.2) is 0 Å². The molecule has 6 N–H and O–H groups in total. The van der Waals surface area contributed by atoms with Crippen LogP contribution < -0.4 is 31.9 Å². The molecular formula is C62H83N9O7. The van der Waals surface area contributed by atoms with Crippen LogP contribution in [0.3, 0.4) is 0 Å². The van der Waals surface area contributed by atoms with Gasteiger partial charge in [0.1, 0.15) is 24.2 Å². The molecule has 7 amide bonds. The molecule has 4 aromatic rings. The van der Waals surface area contributed by atoms with E-state index in [1.54, 1.807) is 49.9 Å². The van der Waals surface area contributed by atoms with E-state index in [-0.39, 0.29) is 68.1 Å². The molecule has 1 aliphatic carbocycles.